The molecule has 24 heavy (non-hydrogen) atoms. The second kappa shape index (κ2) is 11.7. The number of rotatable bonds is 10. The van der Waals surface area contributed by atoms with Crippen molar-refractivity contribution in [1.82, 2.24) is 10.6 Å². The second-order valence-electron chi connectivity index (χ2n) is 6.03. The number of nitrogens with zero attached hydrogens (tertiary/aromatic N) is 1. The highest BCUT2D eigenvalue weighted by atomic mass is 16.5. The van der Waals surface area contributed by atoms with Crippen LogP contribution in [0.1, 0.15) is 44.7 Å². The molecule has 0 aliphatic carbocycles. The number of hydrogen-bond donors (Lipinski definition) is 2. The maximum atomic E-state index is 5.91. The van der Waals surface area contributed by atoms with Crippen LogP contribution in [-0.4, -0.2) is 38.9 Å². The summed E-state index contributed by atoms with van der Waals surface area (Å²) in [5.74, 6) is 1.74. The van der Waals surface area contributed by atoms with Gasteiger partial charge in [0.15, 0.2) is 5.96 Å². The molecular weight excluding hydrogens is 302 g/mol. The standard InChI is InChI=1S/C19H33N3O2/c1-6-23-12-8-7-11-21-19(20-5)22-14-17-10-9-16(4)13-18(17)24-15(2)3/h9-10,13,15H,6-8,11-12,14H2,1-5H3,(H2,20,21,22). The predicted molar refractivity (Wildman–Crippen MR) is 101 cm³/mol. The summed E-state index contributed by atoms with van der Waals surface area (Å²) in [6, 6.07) is 6.30. The van der Waals surface area contributed by atoms with Crippen LogP contribution in [-0.2, 0) is 11.3 Å². The summed E-state index contributed by atoms with van der Waals surface area (Å²) in [6.07, 6.45) is 2.28. The average molecular weight is 335 g/mol. The van der Waals surface area contributed by atoms with Crippen molar-refractivity contribution in [3.05, 3.63) is 29.3 Å². The van der Waals surface area contributed by atoms with Crippen LogP contribution in [0.2, 0.25) is 0 Å². The Labute approximate surface area is 146 Å². The molecule has 0 aromatic heterocycles. The minimum atomic E-state index is 0.160. The third-order valence-electron chi connectivity index (χ3n) is 3.47. The Hall–Kier alpha value is -1.75. The van der Waals surface area contributed by atoms with E-state index in [2.05, 4.69) is 40.7 Å². The maximum absolute atomic E-state index is 5.91. The molecule has 0 fully saturated rings. The van der Waals surface area contributed by atoms with E-state index >= 15 is 0 Å². The van der Waals surface area contributed by atoms with E-state index in [-0.39, 0.29) is 6.10 Å². The number of aryl methyl sites for hydroxylation is 1. The molecule has 0 heterocycles. The van der Waals surface area contributed by atoms with E-state index in [1.165, 1.54) is 5.56 Å². The predicted octanol–water partition coefficient (Wildman–Crippen LogP) is 3.26. The maximum Gasteiger partial charge on any atom is 0.191 e. The lowest BCUT2D eigenvalue weighted by Gasteiger charge is -2.17. The van der Waals surface area contributed by atoms with Crippen LogP contribution >= 0.6 is 0 Å². The first-order valence-corrected chi connectivity index (χ1v) is 8.85. The van der Waals surface area contributed by atoms with Gasteiger partial charge in [0.25, 0.3) is 0 Å². The highest BCUT2D eigenvalue weighted by molar-refractivity contribution is 5.79. The Balaban J connectivity index is 2.45. The number of ether oxygens (including phenoxy) is 2. The van der Waals surface area contributed by atoms with Gasteiger partial charge in [-0.2, -0.15) is 0 Å². The van der Waals surface area contributed by atoms with Gasteiger partial charge in [0.05, 0.1) is 6.10 Å². The van der Waals surface area contributed by atoms with E-state index in [0.29, 0.717) is 6.54 Å². The Kier molecular flexibility index (Phi) is 9.92. The monoisotopic (exact) mass is 335 g/mol. The fourth-order valence-electron chi connectivity index (χ4n) is 2.25. The van der Waals surface area contributed by atoms with Crippen LogP contribution in [0.5, 0.6) is 5.75 Å². The molecule has 0 unspecified atom stereocenters. The summed E-state index contributed by atoms with van der Waals surface area (Å²) in [6.45, 7) is 11.4. The lowest BCUT2D eigenvalue weighted by atomic mass is 10.1. The van der Waals surface area contributed by atoms with Gasteiger partial charge in [0.2, 0.25) is 0 Å². The van der Waals surface area contributed by atoms with Crippen LogP contribution < -0.4 is 15.4 Å². The molecule has 5 nitrogen and oxygen atoms in total. The molecule has 1 rings (SSSR count). The minimum absolute atomic E-state index is 0.160. The second-order valence-corrected chi connectivity index (χ2v) is 6.03. The summed E-state index contributed by atoms with van der Waals surface area (Å²) in [5.41, 5.74) is 2.33. The molecular formula is C19H33N3O2. The largest absolute Gasteiger partial charge is 0.491 e. The molecule has 0 spiro atoms. The van der Waals surface area contributed by atoms with Crippen LogP contribution in [0, 0.1) is 6.92 Å². The van der Waals surface area contributed by atoms with Crippen molar-refractivity contribution in [3.63, 3.8) is 0 Å². The van der Waals surface area contributed by atoms with E-state index < -0.39 is 0 Å². The summed E-state index contributed by atoms with van der Waals surface area (Å²) < 4.78 is 11.3. The number of benzene rings is 1. The average Bonchev–Trinajstić information content (AvgIpc) is 2.54. The van der Waals surface area contributed by atoms with Gasteiger partial charge in [-0.3, -0.25) is 4.99 Å². The van der Waals surface area contributed by atoms with Gasteiger partial charge in [0, 0.05) is 38.9 Å². The highest BCUT2D eigenvalue weighted by Crippen LogP contribution is 2.21. The molecule has 1 aromatic rings. The molecule has 0 aliphatic rings. The summed E-state index contributed by atoms with van der Waals surface area (Å²) >= 11 is 0. The topological polar surface area (TPSA) is 54.9 Å². The first-order valence-electron chi connectivity index (χ1n) is 8.85. The van der Waals surface area contributed by atoms with Crippen LogP contribution in [0.3, 0.4) is 0 Å². The molecule has 136 valence electrons. The molecule has 5 heteroatoms. The lowest BCUT2D eigenvalue weighted by Crippen LogP contribution is -2.37. The quantitative estimate of drug-likeness (QED) is 0.391. The molecule has 0 saturated heterocycles. The van der Waals surface area contributed by atoms with Crippen molar-refractivity contribution in [1.29, 1.82) is 0 Å². The molecule has 0 bridgehead atoms. The van der Waals surface area contributed by atoms with Gasteiger partial charge in [-0.25, -0.2) is 0 Å². The molecule has 0 saturated carbocycles. The lowest BCUT2D eigenvalue weighted by molar-refractivity contribution is 0.143. The molecule has 0 atom stereocenters. The molecule has 0 aliphatic heterocycles. The minimum Gasteiger partial charge on any atom is -0.491 e. The zero-order valence-corrected chi connectivity index (χ0v) is 15.8. The normalized spacial score (nSPS) is 11.7. The van der Waals surface area contributed by atoms with E-state index in [0.717, 1.165) is 49.9 Å². The summed E-state index contributed by atoms with van der Waals surface area (Å²) in [5, 5.41) is 6.68. The third kappa shape index (κ3) is 8.20. The summed E-state index contributed by atoms with van der Waals surface area (Å²) in [4.78, 5) is 4.27. The fraction of sp³-hybridized carbons (Fsp3) is 0.632. The number of guanidine groups is 1. The number of aliphatic imine (C=N–C) groups is 1. The first kappa shape index (κ1) is 20.3. The van der Waals surface area contributed by atoms with Crippen LogP contribution in [0.4, 0.5) is 0 Å². The van der Waals surface area contributed by atoms with E-state index in [1.54, 1.807) is 7.05 Å². The molecule has 1 aromatic carbocycles. The Morgan fingerprint density at radius 3 is 2.67 bits per heavy atom. The van der Waals surface area contributed by atoms with Crippen molar-refractivity contribution in [2.75, 3.05) is 26.8 Å². The van der Waals surface area contributed by atoms with Gasteiger partial charge in [-0.05, 0) is 52.2 Å². The Bertz CT molecular complexity index is 501. The van der Waals surface area contributed by atoms with Crippen molar-refractivity contribution < 1.29 is 9.47 Å². The number of unbranched alkanes of at least 4 members (excludes halogenated alkanes) is 1. The van der Waals surface area contributed by atoms with Crippen LogP contribution in [0.15, 0.2) is 23.2 Å². The summed E-state index contributed by atoms with van der Waals surface area (Å²) in [7, 11) is 1.79. The van der Waals surface area contributed by atoms with E-state index in [1.807, 2.05) is 20.8 Å². The van der Waals surface area contributed by atoms with E-state index in [9.17, 15) is 0 Å². The van der Waals surface area contributed by atoms with Crippen molar-refractivity contribution in [2.45, 2.75) is 53.2 Å². The smallest absolute Gasteiger partial charge is 0.191 e. The zero-order chi connectivity index (χ0) is 17.8. The SMILES string of the molecule is CCOCCCCNC(=NC)NCc1ccc(C)cc1OC(C)C. The van der Waals surface area contributed by atoms with Crippen molar-refractivity contribution >= 4 is 5.96 Å². The number of hydrogen-bond acceptors (Lipinski definition) is 3. The van der Waals surface area contributed by atoms with Gasteiger partial charge in [0.1, 0.15) is 5.75 Å². The fourth-order valence-corrected chi connectivity index (χ4v) is 2.25. The van der Waals surface area contributed by atoms with Crippen molar-refractivity contribution in [3.8, 4) is 5.75 Å². The van der Waals surface area contributed by atoms with Gasteiger partial charge in [-0.1, -0.05) is 12.1 Å². The van der Waals surface area contributed by atoms with Crippen LogP contribution in [0.25, 0.3) is 0 Å². The van der Waals surface area contributed by atoms with E-state index in [4.69, 9.17) is 9.47 Å². The zero-order valence-electron chi connectivity index (χ0n) is 15.8. The Morgan fingerprint density at radius 1 is 1.21 bits per heavy atom. The Morgan fingerprint density at radius 2 is 2.00 bits per heavy atom. The molecule has 0 amide bonds. The molecule has 2 N–H and O–H groups in total. The highest BCUT2D eigenvalue weighted by Gasteiger charge is 2.07. The number of nitrogens with one attached hydrogen (secondary N) is 2. The first-order chi connectivity index (χ1) is 11.6. The van der Waals surface area contributed by atoms with Gasteiger partial charge in [-0.15, -0.1) is 0 Å². The van der Waals surface area contributed by atoms with Crippen molar-refractivity contribution in [2.24, 2.45) is 4.99 Å². The van der Waals surface area contributed by atoms with Gasteiger partial charge >= 0.3 is 0 Å². The van der Waals surface area contributed by atoms with Gasteiger partial charge < -0.3 is 20.1 Å². The third-order valence-corrected chi connectivity index (χ3v) is 3.47. The molecule has 0 radical (unpaired) electrons.